The number of rotatable bonds is 7. The van der Waals surface area contributed by atoms with Crippen LogP contribution in [0.15, 0.2) is 38.3 Å². The van der Waals surface area contributed by atoms with E-state index in [1.807, 2.05) is 26.0 Å². The number of benzene rings is 1. The number of carbonyl (C=O) groups is 1. The molecule has 8 heteroatoms. The lowest BCUT2D eigenvalue weighted by molar-refractivity contribution is 0.0966. The van der Waals surface area contributed by atoms with Crippen molar-refractivity contribution < 1.29 is 13.9 Å². The lowest BCUT2D eigenvalue weighted by Gasteiger charge is -2.21. The van der Waals surface area contributed by atoms with Gasteiger partial charge in [-0.05, 0) is 37.1 Å². The molecule has 8 nitrogen and oxygen atoms in total. The maximum Gasteiger partial charge on any atom is 0.254 e. The van der Waals surface area contributed by atoms with Gasteiger partial charge in [-0.1, -0.05) is 13.0 Å². The molecule has 3 N–H and O–H groups in total. The number of fused-ring (bicyclic) bond motifs is 1. The van der Waals surface area contributed by atoms with Crippen molar-refractivity contribution >= 4 is 23.0 Å². The summed E-state index contributed by atoms with van der Waals surface area (Å²) in [7, 11) is 1.48. The van der Waals surface area contributed by atoms with E-state index in [0.29, 0.717) is 35.7 Å². The molecule has 2 heterocycles. The third-order valence-corrected chi connectivity index (χ3v) is 5.13. The molecule has 29 heavy (non-hydrogen) atoms. The Morgan fingerprint density at radius 1 is 1.10 bits per heavy atom. The van der Waals surface area contributed by atoms with Crippen LogP contribution in [0.25, 0.3) is 0 Å². The van der Waals surface area contributed by atoms with Crippen molar-refractivity contribution in [1.82, 2.24) is 5.32 Å². The van der Waals surface area contributed by atoms with Crippen molar-refractivity contribution in [1.29, 1.82) is 0 Å². The number of hydrogen-bond donors (Lipinski definition) is 3. The van der Waals surface area contributed by atoms with Gasteiger partial charge in [0.1, 0.15) is 28.6 Å². The smallest absolute Gasteiger partial charge is 0.254 e. The van der Waals surface area contributed by atoms with Gasteiger partial charge in [-0.25, -0.2) is 0 Å². The number of methoxy groups -OCH3 is 1. The summed E-state index contributed by atoms with van der Waals surface area (Å²) in [4.78, 5) is 36.8. The quantitative estimate of drug-likeness (QED) is 0.528. The summed E-state index contributed by atoms with van der Waals surface area (Å²) < 4.78 is 11.0. The van der Waals surface area contributed by atoms with Gasteiger partial charge in [-0.2, -0.15) is 0 Å². The van der Waals surface area contributed by atoms with Gasteiger partial charge in [-0.3, -0.25) is 14.4 Å². The fraction of sp³-hybridized carbons (Fsp3) is 0.286. The second kappa shape index (κ2) is 7.12. The van der Waals surface area contributed by atoms with E-state index in [2.05, 4.69) is 16.0 Å². The number of anilines is 3. The normalized spacial score (nSPS) is 13.8. The fourth-order valence-electron chi connectivity index (χ4n) is 3.55. The van der Waals surface area contributed by atoms with E-state index in [9.17, 15) is 14.4 Å². The van der Waals surface area contributed by atoms with E-state index in [0.717, 1.165) is 11.3 Å². The minimum Gasteiger partial charge on any atom is -0.495 e. The maximum atomic E-state index is 12.3. The molecule has 150 valence electrons. The van der Waals surface area contributed by atoms with Crippen molar-refractivity contribution in [2.24, 2.45) is 0 Å². The lowest BCUT2D eigenvalue weighted by Crippen LogP contribution is -2.37. The molecule has 1 atom stereocenters. The summed E-state index contributed by atoms with van der Waals surface area (Å²) in [6.07, 6.45) is 0.650. The number of ether oxygens (including phenoxy) is 1. The maximum absolute atomic E-state index is 12.3. The summed E-state index contributed by atoms with van der Waals surface area (Å²) in [5.41, 5.74) is 0.622. The van der Waals surface area contributed by atoms with Gasteiger partial charge in [-0.15, -0.1) is 0 Å². The van der Waals surface area contributed by atoms with Crippen molar-refractivity contribution in [3.63, 3.8) is 0 Å². The molecule has 3 aromatic rings. The van der Waals surface area contributed by atoms with E-state index < -0.39 is 10.9 Å². The SMILES string of the molecule is CCC(Nc1c(Nc2c(OC)ccc3c2C(=O)NC3)c(=O)c1=O)c1ccc(C)o1. The topological polar surface area (TPSA) is 110 Å². The number of carbonyl (C=O) groups excluding carboxylic acids is 1. The summed E-state index contributed by atoms with van der Waals surface area (Å²) in [5, 5.41) is 8.84. The average Bonchev–Trinajstić information content (AvgIpc) is 3.33. The minimum absolute atomic E-state index is 0.114. The molecule has 0 saturated carbocycles. The highest BCUT2D eigenvalue weighted by atomic mass is 16.5. The average molecular weight is 395 g/mol. The number of hydrogen-bond acceptors (Lipinski definition) is 7. The molecule has 4 rings (SSSR count). The number of aryl methyl sites for hydroxylation is 1. The van der Waals surface area contributed by atoms with Gasteiger partial charge < -0.3 is 25.1 Å². The summed E-state index contributed by atoms with van der Waals surface area (Å²) >= 11 is 0. The fourth-order valence-corrected chi connectivity index (χ4v) is 3.55. The first-order valence-corrected chi connectivity index (χ1v) is 9.35. The molecular formula is C21H21N3O5. The van der Waals surface area contributed by atoms with Crippen molar-refractivity contribution in [2.45, 2.75) is 32.9 Å². The second-order valence-corrected chi connectivity index (χ2v) is 6.95. The Bertz CT molecular complexity index is 1170. The van der Waals surface area contributed by atoms with Crippen LogP contribution in [0, 0.1) is 6.92 Å². The highest BCUT2D eigenvalue weighted by molar-refractivity contribution is 6.06. The highest BCUT2D eigenvalue weighted by Crippen LogP contribution is 2.37. The van der Waals surface area contributed by atoms with E-state index >= 15 is 0 Å². The molecule has 1 aliphatic heterocycles. The minimum atomic E-state index is -0.643. The highest BCUT2D eigenvalue weighted by Gasteiger charge is 2.30. The van der Waals surface area contributed by atoms with Crippen molar-refractivity contribution in [3.8, 4) is 5.75 Å². The molecule has 0 fully saturated rings. The monoisotopic (exact) mass is 395 g/mol. The lowest BCUT2D eigenvalue weighted by atomic mass is 10.0. The largest absolute Gasteiger partial charge is 0.495 e. The van der Waals surface area contributed by atoms with Crippen LogP contribution in [-0.4, -0.2) is 13.0 Å². The van der Waals surface area contributed by atoms with E-state index in [1.165, 1.54) is 7.11 Å². The zero-order valence-corrected chi connectivity index (χ0v) is 16.3. The van der Waals surface area contributed by atoms with Crippen LogP contribution >= 0.6 is 0 Å². The molecule has 1 aromatic heterocycles. The summed E-state index contributed by atoms with van der Waals surface area (Å²) in [5.74, 6) is 1.60. The molecule has 0 spiro atoms. The van der Waals surface area contributed by atoms with Gasteiger partial charge in [0.05, 0.1) is 24.4 Å². The summed E-state index contributed by atoms with van der Waals surface area (Å²) in [6.45, 7) is 4.19. The molecule has 1 unspecified atom stereocenters. The Morgan fingerprint density at radius 2 is 1.86 bits per heavy atom. The third kappa shape index (κ3) is 3.06. The number of furan rings is 1. The van der Waals surface area contributed by atoms with Gasteiger partial charge in [0.2, 0.25) is 0 Å². The first-order chi connectivity index (χ1) is 13.9. The Labute approximate surface area is 166 Å². The van der Waals surface area contributed by atoms with Crippen molar-refractivity contribution in [3.05, 3.63) is 67.4 Å². The van der Waals surface area contributed by atoms with Crippen molar-refractivity contribution in [2.75, 3.05) is 17.7 Å². The van der Waals surface area contributed by atoms with Gasteiger partial charge >= 0.3 is 0 Å². The Morgan fingerprint density at radius 3 is 2.52 bits per heavy atom. The zero-order valence-electron chi connectivity index (χ0n) is 16.3. The second-order valence-electron chi connectivity index (χ2n) is 6.95. The standard InChI is InChI=1S/C21H21N3O5/c1-4-12(13-7-5-10(2)29-13)23-17-18(20(26)19(17)25)24-16-14(28-3)8-6-11-9-22-21(27)15(11)16/h5-8,12,23-24H,4,9H2,1-3H3,(H,22,27). The Balaban J connectivity index is 1.70. The molecule has 0 aliphatic carbocycles. The first-order valence-electron chi connectivity index (χ1n) is 9.35. The van der Waals surface area contributed by atoms with Gasteiger partial charge in [0.25, 0.3) is 16.8 Å². The first kappa shape index (κ1) is 18.8. The van der Waals surface area contributed by atoms with Gasteiger partial charge in [0.15, 0.2) is 0 Å². The van der Waals surface area contributed by atoms with E-state index in [-0.39, 0.29) is 23.3 Å². The predicted octanol–water partition coefficient (Wildman–Crippen LogP) is 2.74. The Kier molecular flexibility index (Phi) is 4.62. The van der Waals surface area contributed by atoms with Crippen LogP contribution in [0.4, 0.5) is 17.1 Å². The van der Waals surface area contributed by atoms with E-state index in [4.69, 9.17) is 9.15 Å². The molecule has 0 saturated heterocycles. The third-order valence-electron chi connectivity index (χ3n) is 5.13. The number of amides is 1. The number of nitrogens with one attached hydrogen (secondary N) is 3. The zero-order chi connectivity index (χ0) is 20.7. The van der Waals surface area contributed by atoms with Crippen LogP contribution in [0.3, 0.4) is 0 Å². The molecule has 0 bridgehead atoms. The molecule has 1 amide bonds. The van der Waals surface area contributed by atoms with Crippen LogP contribution in [0.2, 0.25) is 0 Å². The summed E-state index contributed by atoms with van der Waals surface area (Å²) in [6, 6.07) is 6.94. The molecular weight excluding hydrogens is 374 g/mol. The Hall–Kier alpha value is -3.55. The predicted molar refractivity (Wildman–Crippen MR) is 109 cm³/mol. The molecule has 0 radical (unpaired) electrons. The van der Waals surface area contributed by atoms with Crippen LogP contribution in [0.1, 0.15) is 46.8 Å². The van der Waals surface area contributed by atoms with E-state index in [1.54, 1.807) is 12.1 Å². The van der Waals surface area contributed by atoms with Crippen LogP contribution in [0.5, 0.6) is 5.75 Å². The van der Waals surface area contributed by atoms with Crippen LogP contribution < -0.4 is 31.5 Å². The van der Waals surface area contributed by atoms with Gasteiger partial charge in [0, 0.05) is 6.54 Å². The molecule has 1 aliphatic rings. The molecule has 2 aromatic carbocycles. The van der Waals surface area contributed by atoms with Crippen LogP contribution in [-0.2, 0) is 6.54 Å².